The van der Waals surface area contributed by atoms with E-state index in [0.29, 0.717) is 29.5 Å². The normalized spacial score (nSPS) is 15.4. The topological polar surface area (TPSA) is 70.7 Å². The molecule has 7 nitrogen and oxygen atoms in total. The van der Waals surface area contributed by atoms with Crippen LogP contribution < -0.4 is 4.74 Å². The molecule has 0 bridgehead atoms. The van der Waals surface area contributed by atoms with Crippen LogP contribution in [0.5, 0.6) is 5.88 Å². The van der Waals surface area contributed by atoms with Crippen LogP contribution in [-0.2, 0) is 6.54 Å². The predicted octanol–water partition coefficient (Wildman–Crippen LogP) is 4.16. The van der Waals surface area contributed by atoms with Crippen LogP contribution in [0.15, 0.2) is 42.9 Å². The molecular weight excluding hydrogens is 414 g/mol. The maximum Gasteiger partial charge on any atom is 0.238 e. The summed E-state index contributed by atoms with van der Waals surface area (Å²) < 4.78 is 36.1. The Balaban J connectivity index is 1.38. The number of fused-ring (bicyclic) bond motifs is 1. The monoisotopic (exact) mass is 434 g/mol. The predicted molar refractivity (Wildman–Crippen MR) is 114 cm³/mol. The van der Waals surface area contributed by atoms with E-state index in [2.05, 4.69) is 20.1 Å². The van der Waals surface area contributed by atoms with Crippen LogP contribution in [-0.4, -0.2) is 36.4 Å². The summed E-state index contributed by atoms with van der Waals surface area (Å²) in [5.74, 6) is -0.0719. The van der Waals surface area contributed by atoms with E-state index in [1.54, 1.807) is 25.6 Å². The van der Waals surface area contributed by atoms with Crippen molar-refractivity contribution in [2.24, 2.45) is 0 Å². The smallest absolute Gasteiger partial charge is 0.238 e. The number of nitrogens with zero attached hydrogens (tertiary/aromatic N) is 6. The lowest BCUT2D eigenvalue weighted by atomic mass is 9.97. The zero-order valence-corrected chi connectivity index (χ0v) is 17.5. The summed E-state index contributed by atoms with van der Waals surface area (Å²) in [6.45, 7) is 2.59. The molecule has 4 aromatic rings. The Morgan fingerprint density at radius 3 is 2.72 bits per heavy atom. The van der Waals surface area contributed by atoms with Crippen LogP contribution in [0.1, 0.15) is 40.9 Å². The number of halogens is 2. The van der Waals surface area contributed by atoms with Gasteiger partial charge in [0.2, 0.25) is 5.88 Å². The van der Waals surface area contributed by atoms with Crippen molar-refractivity contribution in [2.75, 3.05) is 7.11 Å². The number of aryl methyl sites for hydroxylation is 2. The molecule has 5 rings (SSSR count). The van der Waals surface area contributed by atoms with Crippen molar-refractivity contribution in [2.45, 2.75) is 25.8 Å². The number of hydrogen-bond donors (Lipinski definition) is 0. The maximum absolute atomic E-state index is 13.7. The summed E-state index contributed by atoms with van der Waals surface area (Å²) in [7, 11) is 1.57. The number of methoxy groups -OCH3 is 1. The van der Waals surface area contributed by atoms with Gasteiger partial charge in [0.15, 0.2) is 17.5 Å². The molecule has 9 heteroatoms. The van der Waals surface area contributed by atoms with Crippen molar-refractivity contribution in [1.29, 1.82) is 0 Å². The molecule has 0 saturated heterocycles. The lowest BCUT2D eigenvalue weighted by Gasteiger charge is -2.08. The van der Waals surface area contributed by atoms with Gasteiger partial charge in [-0.3, -0.25) is 0 Å². The first-order valence-electron chi connectivity index (χ1n) is 10.2. The standard InChI is InChI=1S/C23H20F2N6O/c1-14-12-30(13-26-14)20-7-4-16(27-23(20)32-2)5-8-21-28-22-17(9-10-31(22)29-21)15-3-6-18(24)19(25)11-15/h3-8,11-13,17H,9-10H2,1-2H3/b8-5+. The third-order valence-corrected chi connectivity index (χ3v) is 5.45. The second kappa shape index (κ2) is 7.99. The summed E-state index contributed by atoms with van der Waals surface area (Å²) in [5, 5.41) is 4.51. The molecular formula is C23H20F2N6O. The number of imidazole rings is 1. The number of pyridine rings is 1. The third-order valence-electron chi connectivity index (χ3n) is 5.45. The van der Waals surface area contributed by atoms with E-state index in [-0.39, 0.29) is 5.92 Å². The summed E-state index contributed by atoms with van der Waals surface area (Å²) in [6.07, 6.45) is 7.94. The van der Waals surface area contributed by atoms with Gasteiger partial charge in [-0.25, -0.2) is 28.4 Å². The van der Waals surface area contributed by atoms with Gasteiger partial charge in [-0.2, -0.15) is 5.10 Å². The molecule has 1 aromatic carbocycles. The highest BCUT2D eigenvalue weighted by molar-refractivity contribution is 5.65. The van der Waals surface area contributed by atoms with E-state index < -0.39 is 11.6 Å². The van der Waals surface area contributed by atoms with Gasteiger partial charge < -0.3 is 9.30 Å². The van der Waals surface area contributed by atoms with Crippen molar-refractivity contribution < 1.29 is 13.5 Å². The molecule has 0 fully saturated rings. The van der Waals surface area contributed by atoms with Gasteiger partial charge in [0, 0.05) is 18.7 Å². The molecule has 0 radical (unpaired) electrons. The van der Waals surface area contributed by atoms with E-state index in [9.17, 15) is 8.78 Å². The van der Waals surface area contributed by atoms with Crippen molar-refractivity contribution in [3.8, 4) is 11.6 Å². The third kappa shape index (κ3) is 3.66. The van der Waals surface area contributed by atoms with E-state index in [1.165, 1.54) is 6.07 Å². The second-order valence-corrected chi connectivity index (χ2v) is 7.59. The fourth-order valence-corrected chi connectivity index (χ4v) is 3.89. The summed E-state index contributed by atoms with van der Waals surface area (Å²) in [6, 6.07) is 7.77. The zero-order chi connectivity index (χ0) is 22.2. The van der Waals surface area contributed by atoms with Crippen molar-refractivity contribution in [3.63, 3.8) is 0 Å². The number of aromatic nitrogens is 6. The first-order valence-corrected chi connectivity index (χ1v) is 10.2. The van der Waals surface area contributed by atoms with E-state index in [4.69, 9.17) is 4.74 Å². The van der Waals surface area contributed by atoms with Crippen molar-refractivity contribution in [3.05, 3.63) is 83.1 Å². The quantitative estimate of drug-likeness (QED) is 0.472. The Morgan fingerprint density at radius 2 is 1.97 bits per heavy atom. The van der Waals surface area contributed by atoms with Gasteiger partial charge in [-0.15, -0.1) is 0 Å². The van der Waals surface area contributed by atoms with E-state index >= 15 is 0 Å². The van der Waals surface area contributed by atoms with Crippen molar-refractivity contribution in [1.82, 2.24) is 29.3 Å². The highest BCUT2D eigenvalue weighted by atomic mass is 19.2. The van der Waals surface area contributed by atoms with Crippen LogP contribution in [0.2, 0.25) is 0 Å². The van der Waals surface area contributed by atoms with E-state index in [0.717, 1.165) is 29.7 Å². The highest BCUT2D eigenvalue weighted by Crippen LogP contribution is 2.33. The molecule has 32 heavy (non-hydrogen) atoms. The average molecular weight is 434 g/mol. The number of hydrogen-bond acceptors (Lipinski definition) is 5. The van der Waals surface area contributed by atoms with Gasteiger partial charge in [0.25, 0.3) is 0 Å². The SMILES string of the molecule is COc1nc(/C=C/c2nc3n(n2)CCC3c2ccc(F)c(F)c2)ccc1-n1cnc(C)c1. The fraction of sp³-hybridized carbons (Fsp3) is 0.217. The Hall–Kier alpha value is -3.88. The minimum atomic E-state index is -0.853. The summed E-state index contributed by atoms with van der Waals surface area (Å²) >= 11 is 0. The first-order chi connectivity index (χ1) is 15.5. The summed E-state index contributed by atoms with van der Waals surface area (Å²) in [5.41, 5.74) is 3.08. The van der Waals surface area contributed by atoms with Gasteiger partial charge in [0.05, 0.1) is 24.8 Å². The second-order valence-electron chi connectivity index (χ2n) is 7.59. The van der Waals surface area contributed by atoms with Crippen LogP contribution in [0.3, 0.4) is 0 Å². The Labute approximate surface area is 183 Å². The molecule has 1 aliphatic rings. The first kappa shape index (κ1) is 20.0. The summed E-state index contributed by atoms with van der Waals surface area (Å²) in [4.78, 5) is 13.4. The molecule has 3 aromatic heterocycles. The molecule has 0 aliphatic carbocycles. The molecule has 1 aliphatic heterocycles. The van der Waals surface area contributed by atoms with Crippen LogP contribution in [0.4, 0.5) is 8.78 Å². The maximum atomic E-state index is 13.7. The van der Waals surface area contributed by atoms with Crippen LogP contribution >= 0.6 is 0 Å². The van der Waals surface area contributed by atoms with Crippen molar-refractivity contribution >= 4 is 12.2 Å². The average Bonchev–Trinajstić information content (AvgIpc) is 3.50. The Bertz CT molecular complexity index is 1330. The Kier molecular flexibility index (Phi) is 5.01. The van der Waals surface area contributed by atoms with Gasteiger partial charge in [-0.05, 0) is 55.3 Å². The molecule has 162 valence electrons. The van der Waals surface area contributed by atoms with Crippen LogP contribution in [0.25, 0.3) is 17.8 Å². The molecule has 0 amide bonds. The molecule has 0 spiro atoms. The number of ether oxygens (including phenoxy) is 1. The minimum Gasteiger partial charge on any atom is -0.479 e. The lowest BCUT2D eigenvalue weighted by Crippen LogP contribution is -2.00. The largest absolute Gasteiger partial charge is 0.479 e. The molecule has 0 saturated carbocycles. The Morgan fingerprint density at radius 1 is 1.09 bits per heavy atom. The number of benzene rings is 1. The molecule has 1 atom stereocenters. The molecule has 0 N–H and O–H groups in total. The highest BCUT2D eigenvalue weighted by Gasteiger charge is 2.28. The van der Waals surface area contributed by atoms with Crippen LogP contribution in [0, 0.1) is 18.6 Å². The van der Waals surface area contributed by atoms with E-state index in [1.807, 2.05) is 40.6 Å². The molecule has 4 heterocycles. The number of rotatable bonds is 5. The minimum absolute atomic E-state index is 0.115. The fourth-order valence-electron chi connectivity index (χ4n) is 3.89. The lowest BCUT2D eigenvalue weighted by molar-refractivity contribution is 0.395. The van der Waals surface area contributed by atoms with Gasteiger partial charge >= 0.3 is 0 Å². The molecule has 1 unspecified atom stereocenters. The van der Waals surface area contributed by atoms with Gasteiger partial charge in [0.1, 0.15) is 11.5 Å². The zero-order valence-electron chi connectivity index (χ0n) is 17.5. The van der Waals surface area contributed by atoms with Gasteiger partial charge in [-0.1, -0.05) is 6.07 Å².